The molecule has 6 nitrogen and oxygen atoms in total. The molecule has 1 N–H and O–H groups in total. The van der Waals surface area contributed by atoms with Crippen molar-refractivity contribution >= 4 is 28.8 Å². The lowest BCUT2D eigenvalue weighted by atomic mass is 10.0. The van der Waals surface area contributed by atoms with Crippen LogP contribution in [-0.2, 0) is 9.59 Å². The first kappa shape index (κ1) is 22.4. The molecule has 3 rings (SSSR count). The summed E-state index contributed by atoms with van der Waals surface area (Å²) in [5, 5.41) is 3.17. The highest BCUT2D eigenvalue weighted by atomic mass is 16.5. The molecular weight excluding hydrogens is 390 g/mol. The normalized spacial score (nSPS) is 13.9. The number of amides is 2. The summed E-state index contributed by atoms with van der Waals surface area (Å²) in [6, 6.07) is 15.2. The Morgan fingerprint density at radius 3 is 2.10 bits per heavy atom. The van der Waals surface area contributed by atoms with Crippen molar-refractivity contribution < 1.29 is 14.3 Å². The first-order chi connectivity index (χ1) is 14.8. The molecule has 0 atom stereocenters. The summed E-state index contributed by atoms with van der Waals surface area (Å²) in [5.74, 6) is 0.509. The van der Waals surface area contributed by atoms with Crippen LogP contribution in [0.2, 0.25) is 0 Å². The van der Waals surface area contributed by atoms with E-state index in [4.69, 9.17) is 4.74 Å². The summed E-state index contributed by atoms with van der Waals surface area (Å²) in [6.45, 7) is 10.9. The van der Waals surface area contributed by atoms with Gasteiger partial charge < -0.3 is 15.0 Å². The quantitative estimate of drug-likeness (QED) is 0.609. The molecule has 0 aromatic heterocycles. The van der Waals surface area contributed by atoms with Crippen LogP contribution >= 0.6 is 0 Å². The van der Waals surface area contributed by atoms with Crippen LogP contribution in [0.15, 0.2) is 54.2 Å². The minimum absolute atomic E-state index is 0.291. The number of ether oxygens (including phenoxy) is 1. The number of nitrogens with one attached hydrogen (secondary N) is 1. The van der Waals surface area contributed by atoms with Gasteiger partial charge in [-0.2, -0.15) is 0 Å². The van der Waals surface area contributed by atoms with E-state index in [-0.39, 0.29) is 11.8 Å². The van der Waals surface area contributed by atoms with E-state index in [9.17, 15) is 9.59 Å². The zero-order chi connectivity index (χ0) is 22.5. The molecular formula is C25H31N3O3. The standard InChI is InChI=1S/C25H31N3O3/c1-6-28(7-2)20-12-10-19(11-13-20)26-23-22(24(29)27(5)25(23)30)18-8-14-21(15-9-18)31-16-17(3)4/h8-15,17,26H,6-7,16H2,1-5H3. The maximum absolute atomic E-state index is 12.8. The summed E-state index contributed by atoms with van der Waals surface area (Å²) >= 11 is 0. The first-order valence-electron chi connectivity index (χ1n) is 10.8. The number of carbonyl (C=O) groups is 2. The van der Waals surface area contributed by atoms with E-state index in [1.54, 1.807) is 0 Å². The van der Waals surface area contributed by atoms with Gasteiger partial charge >= 0.3 is 0 Å². The van der Waals surface area contributed by atoms with Crippen LogP contribution in [0.1, 0.15) is 33.3 Å². The monoisotopic (exact) mass is 421 g/mol. The molecule has 0 fully saturated rings. The smallest absolute Gasteiger partial charge is 0.277 e. The van der Waals surface area contributed by atoms with Gasteiger partial charge in [0, 0.05) is 31.5 Å². The first-order valence-corrected chi connectivity index (χ1v) is 10.8. The van der Waals surface area contributed by atoms with Gasteiger partial charge in [0.2, 0.25) is 0 Å². The van der Waals surface area contributed by atoms with E-state index in [0.717, 1.165) is 35.1 Å². The third-order valence-corrected chi connectivity index (χ3v) is 5.28. The van der Waals surface area contributed by atoms with Gasteiger partial charge in [-0.25, -0.2) is 0 Å². The number of nitrogens with zero attached hydrogens (tertiary/aromatic N) is 2. The molecule has 1 aliphatic rings. The summed E-state index contributed by atoms with van der Waals surface area (Å²) in [5.41, 5.74) is 3.22. The number of imide groups is 1. The largest absolute Gasteiger partial charge is 0.493 e. The number of rotatable bonds is 9. The minimum atomic E-state index is -0.340. The van der Waals surface area contributed by atoms with Crippen molar-refractivity contribution in [1.29, 1.82) is 0 Å². The van der Waals surface area contributed by atoms with Gasteiger partial charge in [0.1, 0.15) is 11.4 Å². The fraction of sp³-hybridized carbons (Fsp3) is 0.360. The van der Waals surface area contributed by atoms with Crippen molar-refractivity contribution in [2.24, 2.45) is 5.92 Å². The lowest BCUT2D eigenvalue weighted by molar-refractivity contribution is -0.135. The number of benzene rings is 2. The highest BCUT2D eigenvalue weighted by Gasteiger charge is 2.36. The van der Waals surface area contributed by atoms with Crippen LogP contribution in [-0.4, -0.2) is 43.5 Å². The molecule has 0 spiro atoms. The molecule has 164 valence electrons. The Bertz CT molecular complexity index is 959. The van der Waals surface area contributed by atoms with Gasteiger partial charge in [-0.15, -0.1) is 0 Å². The zero-order valence-corrected chi connectivity index (χ0v) is 18.9. The molecule has 2 amide bonds. The average molecular weight is 422 g/mol. The Labute approximate surface area is 184 Å². The molecule has 31 heavy (non-hydrogen) atoms. The fourth-order valence-corrected chi connectivity index (χ4v) is 3.49. The van der Waals surface area contributed by atoms with Crippen LogP contribution < -0.4 is 15.0 Å². The van der Waals surface area contributed by atoms with E-state index in [0.29, 0.717) is 29.4 Å². The van der Waals surface area contributed by atoms with E-state index < -0.39 is 0 Å². The molecule has 0 unspecified atom stereocenters. The molecule has 2 aromatic rings. The Hall–Kier alpha value is -3.28. The zero-order valence-electron chi connectivity index (χ0n) is 18.9. The van der Waals surface area contributed by atoms with E-state index in [2.05, 4.69) is 37.9 Å². The molecule has 1 aliphatic heterocycles. The summed E-state index contributed by atoms with van der Waals surface area (Å²) in [4.78, 5) is 29.0. The predicted octanol–water partition coefficient (Wildman–Crippen LogP) is 4.39. The van der Waals surface area contributed by atoms with Crippen LogP contribution in [0.25, 0.3) is 5.57 Å². The van der Waals surface area contributed by atoms with Crippen molar-refractivity contribution in [1.82, 2.24) is 4.90 Å². The predicted molar refractivity (Wildman–Crippen MR) is 125 cm³/mol. The van der Waals surface area contributed by atoms with Gasteiger partial charge in [-0.05, 0) is 61.7 Å². The molecule has 0 radical (unpaired) electrons. The highest BCUT2D eigenvalue weighted by Crippen LogP contribution is 2.31. The second kappa shape index (κ2) is 9.69. The lowest BCUT2D eigenvalue weighted by Crippen LogP contribution is -2.27. The van der Waals surface area contributed by atoms with E-state index in [1.165, 1.54) is 7.05 Å². The number of hydrogen-bond donors (Lipinski definition) is 1. The maximum Gasteiger partial charge on any atom is 0.277 e. The topological polar surface area (TPSA) is 61.9 Å². The molecule has 0 bridgehead atoms. The molecule has 1 heterocycles. The third-order valence-electron chi connectivity index (χ3n) is 5.28. The Balaban J connectivity index is 1.88. The summed E-state index contributed by atoms with van der Waals surface area (Å²) < 4.78 is 5.73. The SMILES string of the molecule is CCN(CC)c1ccc(NC2=C(c3ccc(OCC(C)C)cc3)C(=O)N(C)C2=O)cc1. The number of carbonyl (C=O) groups excluding carboxylic acids is 2. The molecule has 0 aliphatic carbocycles. The summed E-state index contributed by atoms with van der Waals surface area (Å²) in [6.07, 6.45) is 0. The Morgan fingerprint density at radius 2 is 1.55 bits per heavy atom. The van der Waals surface area contributed by atoms with E-state index >= 15 is 0 Å². The van der Waals surface area contributed by atoms with Gasteiger partial charge in [0.05, 0.1) is 12.2 Å². The van der Waals surface area contributed by atoms with Gasteiger partial charge in [0.25, 0.3) is 11.8 Å². The second-order valence-electron chi connectivity index (χ2n) is 7.99. The van der Waals surface area contributed by atoms with Crippen LogP contribution in [0.4, 0.5) is 11.4 Å². The highest BCUT2D eigenvalue weighted by molar-refractivity contribution is 6.36. The van der Waals surface area contributed by atoms with Crippen molar-refractivity contribution in [2.75, 3.05) is 37.0 Å². The maximum atomic E-state index is 12.8. The van der Waals surface area contributed by atoms with Crippen molar-refractivity contribution in [3.8, 4) is 5.75 Å². The van der Waals surface area contributed by atoms with E-state index in [1.807, 2.05) is 48.5 Å². The average Bonchev–Trinajstić information content (AvgIpc) is 2.98. The van der Waals surface area contributed by atoms with Gasteiger partial charge in [0.15, 0.2) is 0 Å². The molecule has 2 aromatic carbocycles. The minimum Gasteiger partial charge on any atom is -0.493 e. The fourth-order valence-electron chi connectivity index (χ4n) is 3.49. The van der Waals surface area contributed by atoms with Crippen molar-refractivity contribution in [2.45, 2.75) is 27.7 Å². The second-order valence-corrected chi connectivity index (χ2v) is 7.99. The Kier molecular flexibility index (Phi) is 7.00. The third kappa shape index (κ3) is 4.90. The van der Waals surface area contributed by atoms with Crippen LogP contribution in [0.3, 0.4) is 0 Å². The molecule has 0 saturated carbocycles. The van der Waals surface area contributed by atoms with Gasteiger partial charge in [-0.3, -0.25) is 14.5 Å². The number of anilines is 2. The van der Waals surface area contributed by atoms with Crippen molar-refractivity contribution in [3.05, 3.63) is 59.8 Å². The summed E-state index contributed by atoms with van der Waals surface area (Å²) in [7, 11) is 1.50. The van der Waals surface area contributed by atoms with Gasteiger partial charge in [-0.1, -0.05) is 26.0 Å². The Morgan fingerprint density at radius 1 is 0.935 bits per heavy atom. The molecule has 0 saturated heterocycles. The van der Waals surface area contributed by atoms with Crippen LogP contribution in [0.5, 0.6) is 5.75 Å². The lowest BCUT2D eigenvalue weighted by Gasteiger charge is -2.21. The van der Waals surface area contributed by atoms with Crippen molar-refractivity contribution in [3.63, 3.8) is 0 Å². The number of likely N-dealkylation sites (N-methyl/N-ethyl adjacent to an activating group) is 1. The number of hydrogen-bond acceptors (Lipinski definition) is 5. The van der Waals surface area contributed by atoms with Crippen LogP contribution in [0, 0.1) is 5.92 Å². The molecule has 6 heteroatoms.